The van der Waals surface area contributed by atoms with Gasteiger partial charge in [-0.3, -0.25) is 18.1 Å². The van der Waals surface area contributed by atoms with Gasteiger partial charge in [0, 0.05) is 27.5 Å². The summed E-state index contributed by atoms with van der Waals surface area (Å²) in [5.74, 6) is -1.23. The number of nitrogens with zero attached hydrogens (tertiary/aromatic N) is 10. The van der Waals surface area contributed by atoms with E-state index in [4.69, 9.17) is 28.0 Å². The number of azo groups is 3. The van der Waals surface area contributed by atoms with Gasteiger partial charge in [0.1, 0.15) is 44.9 Å². The second-order valence-electron chi connectivity index (χ2n) is 16.0. The van der Waals surface area contributed by atoms with Crippen molar-refractivity contribution >= 4 is 136 Å². The maximum atomic E-state index is 12.5. The van der Waals surface area contributed by atoms with Gasteiger partial charge in [-0.2, -0.15) is 30.5 Å². The first-order valence-corrected chi connectivity index (χ1v) is 28.7. The van der Waals surface area contributed by atoms with Crippen LogP contribution < -0.4 is 9.47 Å². The number of thioether (sulfide) groups is 1. The number of aliphatic hydroxyl groups excluding tert-OH is 1. The first-order chi connectivity index (χ1) is 35.7. The van der Waals surface area contributed by atoms with Crippen molar-refractivity contribution in [1.82, 2.24) is 14.4 Å². The third kappa shape index (κ3) is 12.5. The molecule has 0 amide bonds. The van der Waals surface area contributed by atoms with Gasteiger partial charge in [-0.15, -0.1) is 42.4 Å². The highest BCUT2D eigenvalue weighted by Gasteiger charge is 2.24. The zero-order chi connectivity index (χ0) is 53.8. The lowest BCUT2D eigenvalue weighted by Gasteiger charge is -2.12. The molecule has 0 aliphatic rings. The number of hydrogen-bond donors (Lipinski definition) is 5. The second-order valence-corrected chi connectivity index (χ2v) is 23.1. The van der Waals surface area contributed by atoms with Gasteiger partial charge >= 0.3 is 0 Å². The largest absolute Gasteiger partial charge is 0.493 e. The van der Waals surface area contributed by atoms with Crippen LogP contribution in [-0.2, 0) is 37.0 Å². The van der Waals surface area contributed by atoms with Crippen LogP contribution in [0.3, 0.4) is 0 Å². The van der Waals surface area contributed by atoms with E-state index in [2.05, 4.69) is 46.7 Å². The predicted molar refractivity (Wildman–Crippen MR) is 280 cm³/mol. The van der Waals surface area contributed by atoms with E-state index < -0.39 is 48.5 Å². The Kier molecular flexibility index (Phi) is 16.4. The summed E-state index contributed by atoms with van der Waals surface area (Å²) in [4.78, 5) is 9.02. The van der Waals surface area contributed by atoms with Crippen LogP contribution >= 0.6 is 34.7 Å². The number of aromatic nitrogens is 3. The van der Waals surface area contributed by atoms with Crippen LogP contribution in [0.4, 0.5) is 33.6 Å². The summed E-state index contributed by atoms with van der Waals surface area (Å²) < 4.78 is 113. The van der Waals surface area contributed by atoms with Crippen molar-refractivity contribution in [2.75, 3.05) is 30.5 Å². The molecule has 75 heavy (non-hydrogen) atoms. The Morgan fingerprint density at radius 1 is 0.813 bits per heavy atom. The Bertz CT molecular complexity index is 4050. The average molecular weight is 1140 g/mol. The van der Waals surface area contributed by atoms with Gasteiger partial charge in [-0.25, -0.2) is 9.97 Å². The van der Waals surface area contributed by atoms with E-state index >= 15 is 0 Å². The number of benzene rings is 5. The normalized spacial score (nSPS) is 12.7. The molecule has 0 aliphatic heterocycles. The van der Waals surface area contributed by atoms with Gasteiger partial charge in [-0.1, -0.05) is 47.2 Å². The molecule has 29 heteroatoms. The molecule has 0 saturated carbocycles. The molecule has 0 fully saturated rings. The Morgan fingerprint density at radius 3 is 2.24 bits per heavy atom. The van der Waals surface area contributed by atoms with Crippen molar-refractivity contribution < 1.29 is 58.6 Å². The van der Waals surface area contributed by atoms with Crippen molar-refractivity contribution in [1.29, 1.82) is 5.26 Å². The number of hydrogen-bond acceptors (Lipinski definition) is 21. The second kappa shape index (κ2) is 22.6. The van der Waals surface area contributed by atoms with Gasteiger partial charge in [-0.05, 0) is 86.7 Å². The average Bonchev–Trinajstić information content (AvgIpc) is 3.97. The highest BCUT2D eigenvalue weighted by Crippen LogP contribution is 2.46. The zero-order valence-electron chi connectivity index (χ0n) is 38.8. The number of pyridine rings is 1. The summed E-state index contributed by atoms with van der Waals surface area (Å²) in [5, 5.41) is 58.8. The first-order valence-electron chi connectivity index (χ1n) is 21.9. The van der Waals surface area contributed by atoms with Crippen LogP contribution in [-0.4, -0.2) is 94.0 Å². The summed E-state index contributed by atoms with van der Waals surface area (Å²) in [6.45, 7) is 6.46. The molecule has 0 saturated heterocycles. The number of fused-ring (bicyclic) bond motifs is 6. The van der Waals surface area contributed by atoms with E-state index in [1.165, 1.54) is 40.8 Å². The number of imidazole rings is 1. The lowest BCUT2D eigenvalue weighted by molar-refractivity contribution is 0.282. The van der Waals surface area contributed by atoms with Crippen LogP contribution in [0.2, 0.25) is 5.02 Å². The topological polar surface area (TPSA) is 350 Å². The molecule has 5 aromatic carbocycles. The molecule has 2 radical (unpaired) electrons. The molecule has 3 heterocycles. The van der Waals surface area contributed by atoms with E-state index in [0.29, 0.717) is 26.0 Å². The van der Waals surface area contributed by atoms with E-state index in [0.717, 1.165) is 23.1 Å². The van der Waals surface area contributed by atoms with E-state index in [9.17, 15) is 54.4 Å². The van der Waals surface area contributed by atoms with E-state index in [-0.39, 0.29) is 132 Å². The number of rotatable bonds is 21. The molecule has 0 unspecified atom stereocenters. The highest BCUT2D eigenvalue weighted by atomic mass is 35.5. The number of aromatic hydroxyl groups is 1. The standard InChI is InChI=1S/C46H39ClN10O13S5/c1-3-13-69-37-19-26-9-6-12-39(75(66,67)68)40(26)43-42(37)50-46(72-43)56-51-31-22-38(71-15-8-17-74(63,64)65)34(18-27(31)24-58)54-52-32-21-36(70-14-7-16-73(60,61)62)33(20-29(32)47)53-55-41-25(2)28(23-48)44-49-30-10-4-5-11-35(30)57(44)45(41)59/h1,4-6,9-12,18-22,58-59H,3,7-8,13-17,24H2,2H3,(H,60,61,62)(H,63,64,65)(H,66,67,68). The van der Waals surface area contributed by atoms with Crippen LogP contribution in [0.25, 0.3) is 37.7 Å². The molecular formula is C46H39ClN10O13S5. The van der Waals surface area contributed by atoms with Crippen molar-refractivity contribution in [3.05, 3.63) is 101 Å². The summed E-state index contributed by atoms with van der Waals surface area (Å²) in [6, 6.07) is 20.5. The van der Waals surface area contributed by atoms with Crippen molar-refractivity contribution in [2.45, 2.75) is 42.6 Å². The van der Waals surface area contributed by atoms with Crippen LogP contribution in [0.15, 0.2) is 113 Å². The van der Waals surface area contributed by atoms with Crippen molar-refractivity contribution in [3.8, 4) is 23.4 Å². The minimum atomic E-state index is -4.69. The van der Waals surface area contributed by atoms with Gasteiger partial charge in [0.05, 0.1) is 63.5 Å². The molecule has 0 aliphatic carbocycles. The number of para-hydroxylation sites is 2. The predicted octanol–water partition coefficient (Wildman–Crippen LogP) is 11.3. The number of ether oxygens (including phenoxy) is 2. The number of halogens is 1. The van der Waals surface area contributed by atoms with Crippen LogP contribution in [0, 0.1) is 25.2 Å². The van der Waals surface area contributed by atoms with E-state index in [1.54, 1.807) is 43.3 Å². The summed E-state index contributed by atoms with van der Waals surface area (Å²) in [7, 11) is -13.4. The van der Waals surface area contributed by atoms with Crippen molar-refractivity contribution in [3.63, 3.8) is 0 Å². The molecule has 23 nitrogen and oxygen atoms in total. The Labute approximate surface area is 440 Å². The quantitative estimate of drug-likeness (QED) is 0.0193. The SMILES string of the molecule is [CH]CCOc1cc2cccc(S(=O)(=O)O)c2c2sc(N=Nc3cc(SCCCS(=O)(=O)O)c(N=Nc4cc(OCCCS(=O)(=O)O)c(N=Nc5c(C)c(C#N)c6nc7ccccc7n6c5O)cc4Cl)cc3CO)nc12. The number of aliphatic hydroxyl groups is 1. The molecule has 5 N–H and O–H groups in total. The molecule has 3 aromatic heterocycles. The minimum absolute atomic E-state index is 0.000469. The maximum absolute atomic E-state index is 12.5. The maximum Gasteiger partial charge on any atom is 0.295 e. The van der Waals surface area contributed by atoms with Gasteiger partial charge in [0.15, 0.2) is 11.3 Å². The van der Waals surface area contributed by atoms with E-state index in [1.807, 2.05) is 0 Å². The molecule has 0 bridgehead atoms. The third-order valence-corrected chi connectivity index (χ3v) is 15.8. The Hall–Kier alpha value is -6.78. The Morgan fingerprint density at radius 2 is 1.52 bits per heavy atom. The zero-order valence-corrected chi connectivity index (χ0v) is 43.6. The lowest BCUT2D eigenvalue weighted by atomic mass is 10.1. The third-order valence-electron chi connectivity index (χ3n) is 10.9. The summed E-state index contributed by atoms with van der Waals surface area (Å²) >= 11 is 8.81. The van der Waals surface area contributed by atoms with Gasteiger partial charge in [0.2, 0.25) is 11.0 Å². The molecule has 8 rings (SSSR count). The fourth-order valence-corrected chi connectivity index (χ4v) is 11.6. The fraction of sp³-hybridized carbons (Fsp3) is 0.217. The first kappa shape index (κ1) is 54.5. The highest BCUT2D eigenvalue weighted by molar-refractivity contribution is 7.99. The van der Waals surface area contributed by atoms with Crippen molar-refractivity contribution in [2.24, 2.45) is 30.7 Å². The number of nitriles is 1. The van der Waals surface area contributed by atoms with Crippen LogP contribution in [0.5, 0.6) is 17.4 Å². The smallest absolute Gasteiger partial charge is 0.295 e. The van der Waals surface area contributed by atoms with Gasteiger partial charge < -0.3 is 19.7 Å². The summed E-state index contributed by atoms with van der Waals surface area (Å²) in [6.07, 6.45) is -0.00444. The lowest BCUT2D eigenvalue weighted by Crippen LogP contribution is -2.08. The molecular weight excluding hydrogens is 1100 g/mol. The molecule has 0 atom stereocenters. The molecule has 388 valence electrons. The molecule has 0 spiro atoms. The number of thiazole rings is 1. The Balaban J connectivity index is 1.18. The monoisotopic (exact) mass is 1130 g/mol. The fourth-order valence-electron chi connectivity index (χ4n) is 7.50. The van der Waals surface area contributed by atoms with Crippen LogP contribution in [0.1, 0.15) is 36.0 Å². The summed E-state index contributed by atoms with van der Waals surface area (Å²) in [5.41, 5.74) is 2.03. The molecule has 8 aromatic rings. The minimum Gasteiger partial charge on any atom is -0.493 e. The van der Waals surface area contributed by atoms with Gasteiger partial charge in [0.25, 0.3) is 30.4 Å².